The molecule has 0 saturated carbocycles. The molecule has 0 unspecified atom stereocenters. The van der Waals surface area contributed by atoms with Crippen molar-refractivity contribution in [3.63, 3.8) is 0 Å². The highest BCUT2D eigenvalue weighted by atomic mass is 16.5. The summed E-state index contributed by atoms with van der Waals surface area (Å²) in [4.78, 5) is 14.3. The van der Waals surface area contributed by atoms with E-state index in [2.05, 4.69) is 19.1 Å². The van der Waals surface area contributed by atoms with Crippen LogP contribution in [0.1, 0.15) is 24.0 Å². The molecule has 0 N–H and O–H groups in total. The van der Waals surface area contributed by atoms with E-state index in [0.717, 1.165) is 18.4 Å². The smallest absolute Gasteiger partial charge is 0.232 e. The van der Waals surface area contributed by atoms with Crippen LogP contribution in [-0.4, -0.2) is 38.1 Å². The van der Waals surface area contributed by atoms with Crippen LogP contribution in [0.5, 0.6) is 0 Å². The van der Waals surface area contributed by atoms with E-state index in [4.69, 9.17) is 4.74 Å². The molecule has 1 fully saturated rings. The summed E-state index contributed by atoms with van der Waals surface area (Å²) in [6.45, 7) is 3.40. The van der Waals surface area contributed by atoms with Crippen molar-refractivity contribution in [2.24, 2.45) is 0 Å². The van der Waals surface area contributed by atoms with E-state index in [1.165, 1.54) is 5.56 Å². The van der Waals surface area contributed by atoms with E-state index >= 15 is 0 Å². The molecule has 98 valence electrons. The number of hydrogen-bond acceptors (Lipinski definition) is 2. The van der Waals surface area contributed by atoms with Gasteiger partial charge in [0.1, 0.15) is 0 Å². The number of rotatable bonds is 2. The van der Waals surface area contributed by atoms with Crippen molar-refractivity contribution in [2.75, 3.05) is 27.3 Å². The molecule has 1 aliphatic rings. The summed E-state index contributed by atoms with van der Waals surface area (Å²) < 4.78 is 5.45. The van der Waals surface area contributed by atoms with E-state index in [1.807, 2.05) is 26.2 Å². The standard InChI is InChI=1S/C15H21NO2/c1-12-6-4-5-7-13(12)15(14(17)16(2)3)8-10-18-11-9-15/h4-7H,8-11H2,1-3H3. The van der Waals surface area contributed by atoms with Gasteiger partial charge in [-0.25, -0.2) is 0 Å². The van der Waals surface area contributed by atoms with Crippen LogP contribution in [-0.2, 0) is 14.9 Å². The lowest BCUT2D eigenvalue weighted by atomic mass is 9.71. The topological polar surface area (TPSA) is 29.5 Å². The Bertz CT molecular complexity index is 434. The molecule has 1 aliphatic heterocycles. The molecule has 0 atom stereocenters. The van der Waals surface area contributed by atoms with Gasteiger partial charge >= 0.3 is 0 Å². The van der Waals surface area contributed by atoms with Crippen molar-refractivity contribution in [1.29, 1.82) is 0 Å². The zero-order valence-corrected chi connectivity index (χ0v) is 11.4. The first kappa shape index (κ1) is 13.1. The molecule has 0 spiro atoms. The molecule has 0 aliphatic carbocycles. The third-order valence-corrected chi connectivity index (χ3v) is 3.82. The number of nitrogens with zero attached hydrogens (tertiary/aromatic N) is 1. The Morgan fingerprint density at radius 3 is 2.39 bits per heavy atom. The quantitative estimate of drug-likeness (QED) is 0.801. The van der Waals surface area contributed by atoms with Gasteiger partial charge in [-0.15, -0.1) is 0 Å². The molecule has 3 heteroatoms. The zero-order chi connectivity index (χ0) is 13.2. The fourth-order valence-corrected chi connectivity index (χ4v) is 2.86. The minimum absolute atomic E-state index is 0.195. The molecule has 0 bridgehead atoms. The summed E-state index contributed by atoms with van der Waals surface area (Å²) in [5.41, 5.74) is 1.95. The van der Waals surface area contributed by atoms with E-state index < -0.39 is 5.41 Å². The molecule has 1 amide bonds. The first-order chi connectivity index (χ1) is 8.58. The minimum Gasteiger partial charge on any atom is -0.381 e. The molecule has 1 saturated heterocycles. The molecule has 1 heterocycles. The van der Waals surface area contributed by atoms with Crippen LogP contribution in [0, 0.1) is 6.92 Å². The Hall–Kier alpha value is -1.35. The number of hydrogen-bond donors (Lipinski definition) is 0. The number of ether oxygens (including phenoxy) is 1. The summed E-state index contributed by atoms with van der Waals surface area (Å²) >= 11 is 0. The van der Waals surface area contributed by atoms with Crippen LogP contribution >= 0.6 is 0 Å². The molecule has 0 radical (unpaired) electrons. The molecular weight excluding hydrogens is 226 g/mol. The molecule has 3 nitrogen and oxygen atoms in total. The van der Waals surface area contributed by atoms with Crippen molar-refractivity contribution >= 4 is 5.91 Å². The van der Waals surface area contributed by atoms with Crippen molar-refractivity contribution in [2.45, 2.75) is 25.2 Å². The van der Waals surface area contributed by atoms with Crippen molar-refractivity contribution in [1.82, 2.24) is 4.90 Å². The highest BCUT2D eigenvalue weighted by Crippen LogP contribution is 2.37. The van der Waals surface area contributed by atoms with Crippen LogP contribution in [0.2, 0.25) is 0 Å². The van der Waals surface area contributed by atoms with E-state index in [9.17, 15) is 4.79 Å². The van der Waals surface area contributed by atoms with Gasteiger partial charge < -0.3 is 9.64 Å². The zero-order valence-electron chi connectivity index (χ0n) is 11.4. The van der Waals surface area contributed by atoms with Crippen LogP contribution in [0.15, 0.2) is 24.3 Å². The molecule has 18 heavy (non-hydrogen) atoms. The predicted molar refractivity (Wildman–Crippen MR) is 71.6 cm³/mol. The fraction of sp³-hybridized carbons (Fsp3) is 0.533. The summed E-state index contributed by atoms with van der Waals surface area (Å²) in [7, 11) is 3.66. The molecule has 2 rings (SSSR count). The number of likely N-dealkylation sites (N-methyl/N-ethyl adjacent to an activating group) is 1. The van der Waals surface area contributed by atoms with Gasteiger partial charge in [-0.3, -0.25) is 4.79 Å². The van der Waals surface area contributed by atoms with E-state index in [0.29, 0.717) is 13.2 Å². The number of benzene rings is 1. The van der Waals surface area contributed by atoms with Gasteiger partial charge in [-0.2, -0.15) is 0 Å². The average Bonchev–Trinajstić information content (AvgIpc) is 2.39. The lowest BCUT2D eigenvalue weighted by Crippen LogP contribution is -2.47. The third kappa shape index (κ3) is 2.15. The normalized spacial score (nSPS) is 18.4. The molecule has 1 aromatic rings. The SMILES string of the molecule is Cc1ccccc1C1(C(=O)N(C)C)CCOCC1. The van der Waals surface area contributed by atoms with E-state index in [1.54, 1.807) is 4.90 Å². The maximum atomic E-state index is 12.6. The molecule has 1 aromatic carbocycles. The fourth-order valence-electron chi connectivity index (χ4n) is 2.86. The van der Waals surface area contributed by atoms with Crippen molar-refractivity contribution < 1.29 is 9.53 Å². The van der Waals surface area contributed by atoms with Crippen LogP contribution in [0.25, 0.3) is 0 Å². The lowest BCUT2D eigenvalue weighted by Gasteiger charge is -2.39. The van der Waals surface area contributed by atoms with Gasteiger partial charge in [-0.05, 0) is 30.9 Å². The van der Waals surface area contributed by atoms with Crippen LogP contribution < -0.4 is 0 Å². The largest absolute Gasteiger partial charge is 0.381 e. The maximum Gasteiger partial charge on any atom is 0.232 e. The number of carbonyl (C=O) groups is 1. The van der Waals surface area contributed by atoms with Gasteiger partial charge in [0.2, 0.25) is 5.91 Å². The Labute approximate surface area is 109 Å². The van der Waals surface area contributed by atoms with Gasteiger partial charge in [0.05, 0.1) is 5.41 Å². The highest BCUT2D eigenvalue weighted by molar-refractivity contribution is 5.88. The minimum atomic E-state index is -0.396. The van der Waals surface area contributed by atoms with Crippen molar-refractivity contribution in [3.05, 3.63) is 35.4 Å². The second kappa shape index (κ2) is 5.11. The molecule has 0 aromatic heterocycles. The Morgan fingerprint density at radius 1 is 1.22 bits per heavy atom. The summed E-state index contributed by atoms with van der Waals surface area (Å²) in [5.74, 6) is 0.195. The summed E-state index contributed by atoms with van der Waals surface area (Å²) in [5, 5.41) is 0. The lowest BCUT2D eigenvalue weighted by molar-refractivity contribution is -0.138. The van der Waals surface area contributed by atoms with Crippen molar-refractivity contribution in [3.8, 4) is 0 Å². The van der Waals surface area contributed by atoms with Gasteiger partial charge in [0, 0.05) is 27.3 Å². The monoisotopic (exact) mass is 247 g/mol. The second-order valence-corrected chi connectivity index (χ2v) is 5.21. The number of amides is 1. The number of carbonyl (C=O) groups excluding carboxylic acids is 1. The summed E-state index contributed by atoms with van der Waals surface area (Å²) in [6, 6.07) is 8.20. The van der Waals surface area contributed by atoms with E-state index in [-0.39, 0.29) is 5.91 Å². The summed E-state index contributed by atoms with van der Waals surface area (Å²) in [6.07, 6.45) is 1.55. The number of aryl methyl sites for hydroxylation is 1. The first-order valence-electron chi connectivity index (χ1n) is 6.43. The maximum absolute atomic E-state index is 12.6. The average molecular weight is 247 g/mol. The van der Waals surface area contributed by atoms with Crippen LogP contribution in [0.4, 0.5) is 0 Å². The third-order valence-electron chi connectivity index (χ3n) is 3.82. The Morgan fingerprint density at radius 2 is 1.83 bits per heavy atom. The Kier molecular flexibility index (Phi) is 3.71. The van der Waals surface area contributed by atoms with Gasteiger partial charge in [-0.1, -0.05) is 24.3 Å². The molecular formula is C15H21NO2. The van der Waals surface area contributed by atoms with Crippen LogP contribution in [0.3, 0.4) is 0 Å². The van der Waals surface area contributed by atoms with Gasteiger partial charge in [0.25, 0.3) is 0 Å². The van der Waals surface area contributed by atoms with Gasteiger partial charge in [0.15, 0.2) is 0 Å². The second-order valence-electron chi connectivity index (χ2n) is 5.21. The predicted octanol–water partition coefficient (Wildman–Crippen LogP) is 2.13. The highest BCUT2D eigenvalue weighted by Gasteiger charge is 2.43. The first-order valence-corrected chi connectivity index (χ1v) is 6.43. The Balaban J connectivity index is 2.48.